The van der Waals surface area contributed by atoms with E-state index >= 15 is 0 Å². The van der Waals surface area contributed by atoms with Gasteiger partial charge >= 0.3 is 5.97 Å². The number of aromatic amines is 1. The summed E-state index contributed by atoms with van der Waals surface area (Å²) in [4.78, 5) is 25.9. The van der Waals surface area contributed by atoms with Crippen molar-refractivity contribution in [2.75, 3.05) is 20.3 Å². The number of hydrogen-bond donors (Lipinski definition) is 2. The summed E-state index contributed by atoms with van der Waals surface area (Å²) in [5, 5.41) is 3.29. The van der Waals surface area contributed by atoms with E-state index in [2.05, 4.69) is 15.0 Å². The monoisotopic (exact) mass is 398 g/mol. The Kier molecular flexibility index (Phi) is 6.97. The Morgan fingerprint density at radius 1 is 1.10 bits per heavy atom. The van der Waals surface area contributed by atoms with Crippen molar-refractivity contribution in [3.8, 4) is 0 Å². The lowest BCUT2D eigenvalue weighted by Gasteiger charge is -2.22. The number of benzene rings is 2. The fraction of sp³-hybridized carbons (Fsp3) is 0.273. The van der Waals surface area contributed by atoms with Crippen LogP contribution >= 0.6 is 0 Å². The average Bonchev–Trinajstić information content (AvgIpc) is 3.21. The Hall–Kier alpha value is -3.19. The second kappa shape index (κ2) is 9.84. The minimum absolute atomic E-state index is 0.109. The molecule has 1 aromatic heterocycles. The number of hydrogen-bond acceptors (Lipinski definition) is 4. The molecule has 1 aliphatic heterocycles. The molecule has 0 unspecified atom stereocenters. The smallest absolute Gasteiger partial charge is 0.337 e. The number of carbonyl (C=O) groups is 2. The van der Waals surface area contributed by atoms with Gasteiger partial charge in [0.05, 0.1) is 18.2 Å². The van der Waals surface area contributed by atoms with Crippen molar-refractivity contribution in [3.63, 3.8) is 0 Å². The predicted molar refractivity (Wildman–Crippen MR) is 107 cm³/mol. The summed E-state index contributed by atoms with van der Waals surface area (Å²) in [5.41, 5.74) is 1.58. The zero-order chi connectivity index (χ0) is 20.6. The van der Waals surface area contributed by atoms with Crippen molar-refractivity contribution >= 4 is 22.8 Å². The second-order valence-corrected chi connectivity index (χ2v) is 6.58. The van der Waals surface area contributed by atoms with E-state index < -0.39 is 0 Å². The third-order valence-electron chi connectivity index (χ3n) is 4.65. The van der Waals surface area contributed by atoms with Gasteiger partial charge in [0, 0.05) is 36.4 Å². The van der Waals surface area contributed by atoms with Gasteiger partial charge in [0.1, 0.15) is 5.82 Å². The van der Waals surface area contributed by atoms with E-state index in [9.17, 15) is 14.0 Å². The maximum atomic E-state index is 13.8. The van der Waals surface area contributed by atoms with E-state index in [-0.39, 0.29) is 23.7 Å². The molecule has 29 heavy (non-hydrogen) atoms. The number of halogens is 1. The number of carbonyl (C=O) groups excluding carboxylic acids is 2. The molecule has 0 bridgehead atoms. The van der Waals surface area contributed by atoms with Crippen molar-refractivity contribution in [2.45, 2.75) is 18.9 Å². The number of amides is 1. The Morgan fingerprint density at radius 2 is 1.83 bits per heavy atom. The maximum absolute atomic E-state index is 13.8. The Morgan fingerprint density at radius 3 is 2.52 bits per heavy atom. The molecule has 1 amide bonds. The third-order valence-corrected chi connectivity index (χ3v) is 4.65. The second-order valence-electron chi connectivity index (χ2n) is 6.58. The Labute approximate surface area is 168 Å². The van der Waals surface area contributed by atoms with Crippen LogP contribution in [0.5, 0.6) is 0 Å². The van der Waals surface area contributed by atoms with Gasteiger partial charge in [-0.3, -0.25) is 4.79 Å². The molecule has 3 aromatic rings. The van der Waals surface area contributed by atoms with E-state index in [0.29, 0.717) is 35.2 Å². The molecular weight excluding hydrogens is 375 g/mol. The highest BCUT2D eigenvalue weighted by molar-refractivity contribution is 6.07. The van der Waals surface area contributed by atoms with Crippen LogP contribution in [0, 0.1) is 5.82 Å². The molecule has 0 atom stereocenters. The molecule has 2 heterocycles. The van der Waals surface area contributed by atoms with Crippen LogP contribution in [0.4, 0.5) is 4.39 Å². The molecule has 1 saturated heterocycles. The Balaban J connectivity index is 0.000000204. The van der Waals surface area contributed by atoms with Gasteiger partial charge < -0.3 is 19.8 Å². The molecule has 152 valence electrons. The first-order valence-electron chi connectivity index (χ1n) is 9.37. The first-order valence-corrected chi connectivity index (χ1v) is 9.37. The largest absolute Gasteiger partial charge is 0.465 e. The number of esters is 1. The molecule has 1 fully saturated rings. The SMILES string of the molecule is COC(=O)c1ccccc1.O=C(NC1CCOCC1)c1c[nH]c2cccc(F)c12. The van der Waals surface area contributed by atoms with E-state index in [4.69, 9.17) is 4.74 Å². The molecule has 2 aromatic carbocycles. The van der Waals surface area contributed by atoms with Crippen LogP contribution in [-0.2, 0) is 9.47 Å². The number of ether oxygens (including phenoxy) is 2. The number of rotatable bonds is 3. The number of nitrogens with one attached hydrogen (secondary N) is 2. The molecule has 2 N–H and O–H groups in total. The molecule has 0 aliphatic carbocycles. The molecule has 0 saturated carbocycles. The van der Waals surface area contributed by atoms with Gasteiger partial charge in [0.2, 0.25) is 0 Å². The molecular formula is C22H23FN2O4. The van der Waals surface area contributed by atoms with Crippen LogP contribution in [-0.4, -0.2) is 43.2 Å². The van der Waals surface area contributed by atoms with E-state index in [1.807, 2.05) is 6.07 Å². The summed E-state index contributed by atoms with van der Waals surface area (Å²) in [6, 6.07) is 13.7. The van der Waals surface area contributed by atoms with Crippen molar-refractivity contribution in [2.24, 2.45) is 0 Å². The van der Waals surface area contributed by atoms with Gasteiger partial charge in [-0.1, -0.05) is 24.3 Å². The lowest BCUT2D eigenvalue weighted by Crippen LogP contribution is -2.38. The van der Waals surface area contributed by atoms with Crippen LogP contribution < -0.4 is 5.32 Å². The van der Waals surface area contributed by atoms with Gasteiger partial charge in [-0.15, -0.1) is 0 Å². The fourth-order valence-corrected chi connectivity index (χ4v) is 3.12. The Bertz CT molecular complexity index is 965. The minimum Gasteiger partial charge on any atom is -0.465 e. The van der Waals surface area contributed by atoms with Gasteiger partial charge in [-0.05, 0) is 37.1 Å². The van der Waals surface area contributed by atoms with E-state index in [1.54, 1.807) is 42.6 Å². The lowest BCUT2D eigenvalue weighted by atomic mass is 10.1. The number of H-pyrrole nitrogens is 1. The quantitative estimate of drug-likeness (QED) is 0.660. The van der Waals surface area contributed by atoms with Gasteiger partial charge in [-0.25, -0.2) is 9.18 Å². The van der Waals surface area contributed by atoms with Crippen molar-refractivity contribution in [1.29, 1.82) is 0 Å². The van der Waals surface area contributed by atoms with Crippen molar-refractivity contribution in [1.82, 2.24) is 10.3 Å². The summed E-state index contributed by atoms with van der Waals surface area (Å²) in [6.45, 7) is 1.32. The van der Waals surface area contributed by atoms with Crippen LogP contribution in [0.15, 0.2) is 54.7 Å². The first kappa shape index (κ1) is 20.5. The highest BCUT2D eigenvalue weighted by Crippen LogP contribution is 2.21. The highest BCUT2D eigenvalue weighted by atomic mass is 19.1. The van der Waals surface area contributed by atoms with Crippen LogP contribution in [0.2, 0.25) is 0 Å². The molecule has 4 rings (SSSR count). The van der Waals surface area contributed by atoms with Gasteiger partial charge in [-0.2, -0.15) is 0 Å². The summed E-state index contributed by atoms with van der Waals surface area (Å²) in [7, 11) is 1.37. The van der Waals surface area contributed by atoms with Crippen LogP contribution in [0.3, 0.4) is 0 Å². The molecule has 0 spiro atoms. The topological polar surface area (TPSA) is 80.4 Å². The van der Waals surface area contributed by atoms with Crippen molar-refractivity contribution < 1.29 is 23.5 Å². The summed E-state index contributed by atoms with van der Waals surface area (Å²) >= 11 is 0. The fourth-order valence-electron chi connectivity index (χ4n) is 3.12. The highest BCUT2D eigenvalue weighted by Gasteiger charge is 2.20. The van der Waals surface area contributed by atoms with E-state index in [0.717, 1.165) is 12.8 Å². The molecule has 6 nitrogen and oxygen atoms in total. The van der Waals surface area contributed by atoms with Gasteiger partial charge in [0.25, 0.3) is 5.91 Å². The molecule has 1 aliphatic rings. The number of aromatic nitrogens is 1. The number of fused-ring (bicyclic) bond motifs is 1. The van der Waals surface area contributed by atoms with Crippen LogP contribution in [0.1, 0.15) is 33.6 Å². The molecule has 7 heteroatoms. The zero-order valence-corrected chi connectivity index (χ0v) is 16.1. The van der Waals surface area contributed by atoms with Crippen molar-refractivity contribution in [3.05, 3.63) is 71.7 Å². The van der Waals surface area contributed by atoms with Gasteiger partial charge in [0.15, 0.2) is 0 Å². The summed E-state index contributed by atoms with van der Waals surface area (Å²) in [6.07, 6.45) is 3.16. The minimum atomic E-state index is -0.379. The van der Waals surface area contributed by atoms with Crippen LogP contribution in [0.25, 0.3) is 10.9 Å². The maximum Gasteiger partial charge on any atom is 0.337 e. The lowest BCUT2D eigenvalue weighted by molar-refractivity contribution is 0.0600. The summed E-state index contributed by atoms with van der Waals surface area (Å²) in [5.74, 6) is -0.903. The first-order chi connectivity index (χ1) is 14.1. The third kappa shape index (κ3) is 5.20. The zero-order valence-electron chi connectivity index (χ0n) is 16.1. The predicted octanol–water partition coefficient (Wildman–Crippen LogP) is 3.69. The van der Waals surface area contributed by atoms with E-state index in [1.165, 1.54) is 13.2 Å². The standard InChI is InChI=1S/C14H15FN2O2.C8H8O2/c15-11-2-1-3-12-13(11)10(8-16-12)14(18)17-9-4-6-19-7-5-9;1-10-8(9)7-5-3-2-4-6-7/h1-3,8-9,16H,4-7H2,(H,17,18);2-6H,1H3. The normalized spacial score (nSPS) is 14.0. The average molecular weight is 398 g/mol. The molecule has 0 radical (unpaired) electrons. The summed E-state index contributed by atoms with van der Waals surface area (Å²) < 4.78 is 23.5. The number of methoxy groups -OCH3 is 1.